The molecule has 2 aromatic heterocycles. The summed E-state index contributed by atoms with van der Waals surface area (Å²) < 4.78 is 0. The molecular weight excluding hydrogens is 387 g/mol. The van der Waals surface area contributed by atoms with Crippen molar-refractivity contribution in [2.45, 2.75) is 24.5 Å². The van der Waals surface area contributed by atoms with Gasteiger partial charge in [-0.3, -0.25) is 14.9 Å². The molecule has 0 spiro atoms. The highest BCUT2D eigenvalue weighted by Gasteiger charge is 2.62. The molecule has 2 atom stereocenters. The normalized spacial score (nSPS) is 28.9. The van der Waals surface area contributed by atoms with Crippen LogP contribution in [0.15, 0.2) is 36.8 Å². The summed E-state index contributed by atoms with van der Waals surface area (Å²) in [6.45, 7) is 0. The number of carbonyl (C=O) groups excluding carboxylic acids is 1. The zero-order valence-electron chi connectivity index (χ0n) is 14.1. The fourth-order valence-electron chi connectivity index (χ4n) is 4.47. The van der Waals surface area contributed by atoms with Gasteiger partial charge in [0.2, 0.25) is 0 Å². The van der Waals surface area contributed by atoms with Crippen molar-refractivity contribution in [3.05, 3.63) is 58.0 Å². The molecule has 27 heavy (non-hydrogen) atoms. The van der Waals surface area contributed by atoms with Crippen molar-refractivity contribution in [2.24, 2.45) is 11.8 Å². The first-order valence-electron chi connectivity index (χ1n) is 8.71. The van der Waals surface area contributed by atoms with Gasteiger partial charge in [-0.2, -0.15) is 5.10 Å². The van der Waals surface area contributed by atoms with Crippen molar-refractivity contribution in [2.75, 3.05) is 0 Å². The third-order valence-electron chi connectivity index (χ3n) is 5.77. The fraction of sp³-hybridized carbons (Fsp3) is 0.316. The average molecular weight is 403 g/mol. The van der Waals surface area contributed by atoms with Gasteiger partial charge in [0, 0.05) is 28.8 Å². The van der Waals surface area contributed by atoms with Crippen LogP contribution in [0.5, 0.6) is 0 Å². The van der Waals surface area contributed by atoms with Gasteiger partial charge in [-0.15, -0.1) is 0 Å². The number of hydrogen-bond acceptors (Lipinski definition) is 4. The van der Waals surface area contributed by atoms with E-state index < -0.39 is 5.60 Å². The molecule has 0 aliphatic heterocycles. The van der Waals surface area contributed by atoms with E-state index in [1.165, 1.54) is 12.4 Å². The second-order valence-corrected chi connectivity index (χ2v) is 8.32. The quantitative estimate of drug-likeness (QED) is 0.626. The van der Waals surface area contributed by atoms with Crippen molar-refractivity contribution in [3.8, 4) is 0 Å². The number of aromatic amines is 1. The Morgan fingerprint density at radius 2 is 1.93 bits per heavy atom. The van der Waals surface area contributed by atoms with E-state index in [0.29, 0.717) is 28.5 Å². The average Bonchev–Trinajstić information content (AvgIpc) is 3.01. The maximum atomic E-state index is 12.4. The summed E-state index contributed by atoms with van der Waals surface area (Å²) in [6.07, 6.45) is 5.87. The van der Waals surface area contributed by atoms with Crippen molar-refractivity contribution in [3.63, 3.8) is 0 Å². The minimum Gasteiger partial charge on any atom is -0.385 e. The molecule has 2 aliphatic rings. The Labute approximate surface area is 164 Å². The zero-order chi connectivity index (χ0) is 18.8. The number of pyridine rings is 1. The van der Waals surface area contributed by atoms with E-state index in [-0.39, 0.29) is 23.8 Å². The van der Waals surface area contributed by atoms with Crippen molar-refractivity contribution >= 4 is 40.0 Å². The van der Waals surface area contributed by atoms with Gasteiger partial charge in [-0.25, -0.2) is 0 Å². The minimum absolute atomic E-state index is 0.0655. The van der Waals surface area contributed by atoms with Gasteiger partial charge in [-0.05, 0) is 48.4 Å². The Balaban J connectivity index is 1.33. The van der Waals surface area contributed by atoms with E-state index in [1.807, 2.05) is 6.07 Å². The fourth-order valence-corrected chi connectivity index (χ4v) is 4.86. The lowest BCUT2D eigenvalue weighted by Crippen LogP contribution is -2.33. The third kappa shape index (κ3) is 2.79. The molecule has 138 valence electrons. The van der Waals surface area contributed by atoms with Crippen LogP contribution in [0.1, 0.15) is 28.8 Å². The molecule has 2 fully saturated rings. The number of carbonyl (C=O) groups is 1. The Morgan fingerprint density at radius 1 is 1.15 bits per heavy atom. The number of fused-ring (bicyclic) bond motifs is 2. The van der Waals surface area contributed by atoms with Gasteiger partial charge in [0.1, 0.15) is 0 Å². The molecule has 5 rings (SSSR count). The Hall–Kier alpha value is -2.15. The summed E-state index contributed by atoms with van der Waals surface area (Å²) >= 11 is 12.1. The monoisotopic (exact) mass is 402 g/mol. The molecule has 2 saturated carbocycles. The molecule has 2 heterocycles. The van der Waals surface area contributed by atoms with Crippen LogP contribution >= 0.6 is 23.2 Å². The number of nitrogens with one attached hydrogen (secondary N) is 2. The zero-order valence-corrected chi connectivity index (χ0v) is 15.6. The Bertz CT molecular complexity index is 1050. The Kier molecular flexibility index (Phi) is 3.73. The molecule has 6 nitrogen and oxygen atoms in total. The predicted molar refractivity (Wildman–Crippen MR) is 102 cm³/mol. The van der Waals surface area contributed by atoms with Crippen LogP contribution in [0.3, 0.4) is 0 Å². The van der Waals surface area contributed by atoms with E-state index in [0.717, 1.165) is 16.5 Å². The summed E-state index contributed by atoms with van der Waals surface area (Å²) in [5.41, 5.74) is 1.10. The Morgan fingerprint density at radius 3 is 2.67 bits per heavy atom. The van der Waals surface area contributed by atoms with Crippen LogP contribution in [0.2, 0.25) is 10.0 Å². The highest BCUT2D eigenvalue weighted by molar-refractivity contribution is 6.31. The van der Waals surface area contributed by atoms with E-state index in [1.54, 1.807) is 18.3 Å². The predicted octanol–water partition coefficient (Wildman–Crippen LogP) is 3.29. The third-order valence-corrected chi connectivity index (χ3v) is 6.19. The number of rotatable bonds is 3. The molecule has 0 saturated heterocycles. The van der Waals surface area contributed by atoms with Gasteiger partial charge < -0.3 is 10.4 Å². The summed E-state index contributed by atoms with van der Waals surface area (Å²) in [7, 11) is 0. The van der Waals surface area contributed by atoms with Crippen LogP contribution in [0.4, 0.5) is 0 Å². The lowest BCUT2D eigenvalue weighted by atomic mass is 9.86. The van der Waals surface area contributed by atoms with Gasteiger partial charge in [0.25, 0.3) is 5.91 Å². The summed E-state index contributed by atoms with van der Waals surface area (Å²) in [5.74, 6) is 0.298. The maximum absolute atomic E-state index is 12.4. The van der Waals surface area contributed by atoms with E-state index >= 15 is 0 Å². The first-order chi connectivity index (χ1) is 12.9. The minimum atomic E-state index is -0.957. The molecule has 0 bridgehead atoms. The van der Waals surface area contributed by atoms with E-state index in [4.69, 9.17) is 23.2 Å². The van der Waals surface area contributed by atoms with Crippen molar-refractivity contribution < 1.29 is 9.90 Å². The number of hydrogen-bond donors (Lipinski definition) is 3. The van der Waals surface area contributed by atoms with Crippen LogP contribution in [0, 0.1) is 11.8 Å². The van der Waals surface area contributed by atoms with E-state index in [9.17, 15) is 9.90 Å². The second-order valence-electron chi connectivity index (χ2n) is 7.44. The lowest BCUT2D eigenvalue weighted by Gasteiger charge is -2.27. The van der Waals surface area contributed by atoms with Crippen LogP contribution in [-0.4, -0.2) is 32.2 Å². The van der Waals surface area contributed by atoms with Crippen molar-refractivity contribution in [1.82, 2.24) is 20.5 Å². The summed E-state index contributed by atoms with van der Waals surface area (Å²) in [6, 6.07) is 5.28. The SMILES string of the molecule is O=C(NC1C2CC(O)(c3cc(Cl)cc4[nH]ncc34)CC21)c1cncc(Cl)c1. The molecule has 1 amide bonds. The number of halogens is 2. The highest BCUT2D eigenvalue weighted by atomic mass is 35.5. The van der Waals surface area contributed by atoms with Crippen LogP contribution < -0.4 is 5.32 Å². The summed E-state index contributed by atoms with van der Waals surface area (Å²) in [5, 5.41) is 23.1. The smallest absolute Gasteiger partial charge is 0.253 e. The number of aromatic nitrogens is 3. The molecule has 2 aliphatic carbocycles. The van der Waals surface area contributed by atoms with Crippen LogP contribution in [0.25, 0.3) is 10.9 Å². The van der Waals surface area contributed by atoms with Crippen molar-refractivity contribution in [1.29, 1.82) is 0 Å². The largest absolute Gasteiger partial charge is 0.385 e. The topological polar surface area (TPSA) is 90.9 Å². The van der Waals surface area contributed by atoms with Gasteiger partial charge in [-0.1, -0.05) is 23.2 Å². The maximum Gasteiger partial charge on any atom is 0.253 e. The molecule has 1 aromatic carbocycles. The van der Waals surface area contributed by atoms with Crippen LogP contribution in [-0.2, 0) is 5.60 Å². The number of benzene rings is 1. The van der Waals surface area contributed by atoms with Gasteiger partial charge in [0.05, 0.1) is 27.9 Å². The number of H-pyrrole nitrogens is 1. The highest BCUT2D eigenvalue weighted by Crippen LogP contribution is 2.60. The molecule has 3 N–H and O–H groups in total. The lowest BCUT2D eigenvalue weighted by molar-refractivity contribution is 0.0293. The molecule has 0 radical (unpaired) electrons. The first-order valence-corrected chi connectivity index (χ1v) is 9.47. The number of amides is 1. The molecule has 2 unspecified atom stereocenters. The van der Waals surface area contributed by atoms with Gasteiger partial charge >= 0.3 is 0 Å². The molecule has 3 aromatic rings. The standard InChI is InChI=1S/C19H16Cl2N4O2/c20-10-2-15(14-8-23-25-16(14)3-10)19(27)4-12-13(5-19)17(12)24-18(26)9-1-11(21)7-22-6-9/h1-3,6-8,12-13,17,27H,4-5H2,(H,23,25)(H,24,26). The molecular formula is C19H16Cl2N4O2. The van der Waals surface area contributed by atoms with E-state index in [2.05, 4.69) is 20.5 Å². The molecule has 8 heteroatoms. The van der Waals surface area contributed by atoms with Gasteiger partial charge in [0.15, 0.2) is 0 Å². The number of aliphatic hydroxyl groups is 1. The first kappa shape index (κ1) is 17.0. The number of nitrogens with zero attached hydrogens (tertiary/aromatic N) is 2. The second kappa shape index (κ2) is 5.92. The summed E-state index contributed by atoms with van der Waals surface area (Å²) in [4.78, 5) is 16.3.